The molecule has 0 spiro atoms. The highest BCUT2D eigenvalue weighted by Crippen LogP contribution is 2.19. The van der Waals surface area contributed by atoms with Crippen LogP contribution in [0.2, 0.25) is 0 Å². The van der Waals surface area contributed by atoms with E-state index in [1.807, 2.05) is 0 Å². The monoisotopic (exact) mass is 284 g/mol. The Bertz CT molecular complexity index is 570. The highest BCUT2D eigenvalue weighted by molar-refractivity contribution is 7.89. The Morgan fingerprint density at radius 2 is 2.21 bits per heavy atom. The minimum atomic E-state index is -3.86. The van der Waals surface area contributed by atoms with Gasteiger partial charge in [0.15, 0.2) is 5.82 Å². The molecule has 104 valence electrons. The van der Waals surface area contributed by atoms with Gasteiger partial charge in [-0.05, 0) is 44.2 Å². The van der Waals surface area contributed by atoms with Gasteiger partial charge in [-0.1, -0.05) is 11.6 Å². The van der Waals surface area contributed by atoms with Gasteiger partial charge in [0, 0.05) is 12.7 Å². The summed E-state index contributed by atoms with van der Waals surface area (Å²) in [7, 11) is -3.86. The summed E-state index contributed by atoms with van der Waals surface area (Å²) < 4.78 is 39.5. The molecule has 0 saturated carbocycles. The summed E-state index contributed by atoms with van der Waals surface area (Å²) in [6.07, 6.45) is 8.56. The summed E-state index contributed by atoms with van der Waals surface area (Å²) in [6.45, 7) is 0.282. The number of sulfonamides is 1. The molecule has 0 amide bonds. The van der Waals surface area contributed by atoms with Crippen LogP contribution in [-0.2, 0) is 10.0 Å². The summed E-state index contributed by atoms with van der Waals surface area (Å²) in [5, 5.41) is -0.535. The molecular formula is C13H17FN2O2S. The second kappa shape index (κ2) is 6.25. The fourth-order valence-corrected chi connectivity index (χ4v) is 3.15. The molecule has 1 aromatic rings. The molecule has 1 aliphatic rings. The number of halogens is 1. The molecule has 0 aromatic carbocycles. The van der Waals surface area contributed by atoms with Gasteiger partial charge >= 0.3 is 0 Å². The van der Waals surface area contributed by atoms with E-state index >= 15 is 0 Å². The van der Waals surface area contributed by atoms with Crippen LogP contribution in [0.1, 0.15) is 32.1 Å². The quantitative estimate of drug-likeness (QED) is 0.845. The Hall–Kier alpha value is -1.27. The predicted octanol–water partition coefficient (Wildman–Crippen LogP) is 2.39. The first kappa shape index (κ1) is 14.1. The first-order chi connectivity index (χ1) is 9.09. The third-order valence-electron chi connectivity index (χ3n) is 3.10. The summed E-state index contributed by atoms with van der Waals surface area (Å²) in [5.74, 6) is -0.827. The zero-order valence-corrected chi connectivity index (χ0v) is 11.4. The van der Waals surface area contributed by atoms with Crippen LogP contribution in [0.5, 0.6) is 0 Å². The largest absolute Gasteiger partial charge is 0.261 e. The molecule has 0 unspecified atom stereocenters. The van der Waals surface area contributed by atoms with Crippen molar-refractivity contribution in [2.75, 3.05) is 6.54 Å². The Morgan fingerprint density at radius 3 is 2.89 bits per heavy atom. The minimum absolute atomic E-state index is 0.282. The topological polar surface area (TPSA) is 59.1 Å². The van der Waals surface area contributed by atoms with Gasteiger partial charge in [0.05, 0.1) is 0 Å². The first-order valence-corrected chi connectivity index (χ1v) is 7.86. The van der Waals surface area contributed by atoms with E-state index in [0.29, 0.717) is 6.42 Å². The van der Waals surface area contributed by atoms with E-state index in [2.05, 4.69) is 15.8 Å². The average Bonchev–Trinajstić information content (AvgIpc) is 2.40. The van der Waals surface area contributed by atoms with Crippen LogP contribution in [0.3, 0.4) is 0 Å². The van der Waals surface area contributed by atoms with Crippen LogP contribution in [0, 0.1) is 5.82 Å². The van der Waals surface area contributed by atoms with E-state index < -0.39 is 20.9 Å². The zero-order chi connectivity index (χ0) is 13.7. The van der Waals surface area contributed by atoms with E-state index in [-0.39, 0.29) is 6.54 Å². The van der Waals surface area contributed by atoms with Gasteiger partial charge in [-0.25, -0.2) is 22.5 Å². The van der Waals surface area contributed by atoms with Crippen LogP contribution in [-0.4, -0.2) is 19.9 Å². The normalized spacial score (nSPS) is 16.2. The van der Waals surface area contributed by atoms with Crippen molar-refractivity contribution in [3.8, 4) is 0 Å². The lowest BCUT2D eigenvalue weighted by atomic mass is 9.97. The molecule has 1 N–H and O–H groups in total. The SMILES string of the molecule is O=S(=O)(NCCC1=CCCCC1)c1ncccc1F. The number of aromatic nitrogens is 1. The van der Waals surface area contributed by atoms with Gasteiger partial charge in [0.2, 0.25) is 5.03 Å². The molecule has 0 saturated heterocycles. The lowest BCUT2D eigenvalue weighted by molar-refractivity contribution is 0.544. The van der Waals surface area contributed by atoms with Crippen LogP contribution in [0.25, 0.3) is 0 Å². The molecule has 0 radical (unpaired) electrons. The lowest BCUT2D eigenvalue weighted by Crippen LogP contribution is -2.27. The van der Waals surface area contributed by atoms with Crippen molar-refractivity contribution in [1.82, 2.24) is 9.71 Å². The predicted molar refractivity (Wildman–Crippen MR) is 70.6 cm³/mol. The summed E-state index contributed by atoms with van der Waals surface area (Å²) in [6, 6.07) is 2.45. The molecule has 0 bridgehead atoms. The maximum Gasteiger partial charge on any atom is 0.261 e. The van der Waals surface area contributed by atoms with Gasteiger partial charge < -0.3 is 0 Å². The van der Waals surface area contributed by atoms with Crippen molar-refractivity contribution < 1.29 is 12.8 Å². The fraction of sp³-hybridized carbons (Fsp3) is 0.462. The molecule has 0 aliphatic heterocycles. The standard InChI is InChI=1S/C13H17FN2O2S/c14-12-7-4-9-15-13(12)19(17,18)16-10-8-11-5-2-1-3-6-11/h4-5,7,9,16H,1-3,6,8,10H2. The van der Waals surface area contributed by atoms with Gasteiger partial charge in [0.25, 0.3) is 10.0 Å². The number of pyridine rings is 1. The summed E-state index contributed by atoms with van der Waals surface area (Å²) >= 11 is 0. The molecule has 0 fully saturated rings. The molecule has 1 aliphatic carbocycles. The highest BCUT2D eigenvalue weighted by atomic mass is 32.2. The Kier molecular flexibility index (Phi) is 4.66. The van der Waals surface area contributed by atoms with Crippen molar-refractivity contribution >= 4 is 10.0 Å². The van der Waals surface area contributed by atoms with Gasteiger partial charge in [-0.2, -0.15) is 0 Å². The second-order valence-corrected chi connectivity index (χ2v) is 6.23. The van der Waals surface area contributed by atoms with E-state index in [0.717, 1.165) is 25.3 Å². The molecule has 1 aromatic heterocycles. The van der Waals surface area contributed by atoms with E-state index in [1.54, 1.807) is 0 Å². The number of rotatable bonds is 5. The Morgan fingerprint density at radius 1 is 1.37 bits per heavy atom. The summed E-state index contributed by atoms with van der Waals surface area (Å²) in [4.78, 5) is 3.58. The van der Waals surface area contributed by atoms with Crippen LogP contribution >= 0.6 is 0 Å². The van der Waals surface area contributed by atoms with Crippen molar-refractivity contribution in [2.45, 2.75) is 37.1 Å². The molecule has 4 nitrogen and oxygen atoms in total. The van der Waals surface area contributed by atoms with Crippen molar-refractivity contribution in [2.24, 2.45) is 0 Å². The maximum absolute atomic E-state index is 13.4. The van der Waals surface area contributed by atoms with E-state index in [9.17, 15) is 12.8 Å². The van der Waals surface area contributed by atoms with Gasteiger partial charge in [0.1, 0.15) is 0 Å². The van der Waals surface area contributed by atoms with Crippen molar-refractivity contribution in [3.05, 3.63) is 35.8 Å². The lowest BCUT2D eigenvalue weighted by Gasteiger charge is -2.13. The third-order valence-corrected chi connectivity index (χ3v) is 4.50. The van der Waals surface area contributed by atoms with Crippen LogP contribution < -0.4 is 4.72 Å². The summed E-state index contributed by atoms with van der Waals surface area (Å²) in [5.41, 5.74) is 1.27. The molecule has 19 heavy (non-hydrogen) atoms. The smallest absolute Gasteiger partial charge is 0.241 e. The Balaban J connectivity index is 1.95. The maximum atomic E-state index is 13.4. The molecule has 2 rings (SSSR count). The fourth-order valence-electron chi connectivity index (χ4n) is 2.11. The Labute approximate surface area is 112 Å². The number of nitrogens with one attached hydrogen (secondary N) is 1. The van der Waals surface area contributed by atoms with Gasteiger partial charge in [-0.15, -0.1) is 0 Å². The molecular weight excluding hydrogens is 267 g/mol. The first-order valence-electron chi connectivity index (χ1n) is 6.38. The number of hydrogen-bond donors (Lipinski definition) is 1. The van der Waals surface area contributed by atoms with E-state index in [4.69, 9.17) is 0 Å². The minimum Gasteiger partial charge on any atom is -0.241 e. The number of allylic oxidation sites excluding steroid dienone is 1. The van der Waals surface area contributed by atoms with Crippen molar-refractivity contribution in [1.29, 1.82) is 0 Å². The highest BCUT2D eigenvalue weighted by Gasteiger charge is 2.19. The van der Waals surface area contributed by atoms with Gasteiger partial charge in [-0.3, -0.25) is 0 Å². The molecule has 0 atom stereocenters. The number of hydrogen-bond acceptors (Lipinski definition) is 3. The van der Waals surface area contributed by atoms with Crippen LogP contribution in [0.4, 0.5) is 4.39 Å². The average molecular weight is 284 g/mol. The second-order valence-electron chi connectivity index (χ2n) is 4.55. The zero-order valence-electron chi connectivity index (χ0n) is 10.6. The number of nitrogens with zero attached hydrogens (tertiary/aromatic N) is 1. The third kappa shape index (κ3) is 3.84. The van der Waals surface area contributed by atoms with Crippen LogP contribution in [0.15, 0.2) is 35.0 Å². The van der Waals surface area contributed by atoms with Crippen molar-refractivity contribution in [3.63, 3.8) is 0 Å². The van der Waals surface area contributed by atoms with E-state index in [1.165, 1.54) is 24.3 Å². The molecule has 6 heteroatoms. The molecule has 1 heterocycles.